The van der Waals surface area contributed by atoms with Gasteiger partial charge in [-0.1, -0.05) is 70.0 Å². The number of carbonyl (C=O) groups excluding carboxylic acids is 6. The number of carboxylic acid groups (broad SMARTS) is 3. The Labute approximate surface area is 857 Å². The number of hydrogen-bond donors (Lipinski definition) is 3. The van der Waals surface area contributed by atoms with Gasteiger partial charge in [0.15, 0.2) is 0 Å². The van der Waals surface area contributed by atoms with Gasteiger partial charge in [0.1, 0.15) is 17.1 Å². The summed E-state index contributed by atoms with van der Waals surface area (Å²) in [7, 11) is 0. The second-order valence-electron chi connectivity index (χ2n) is 34.4. The second kappa shape index (κ2) is 81.3. The summed E-state index contributed by atoms with van der Waals surface area (Å²) >= 11 is 0. The number of fused-ring (bicyclic) bond motifs is 3. The van der Waals surface area contributed by atoms with E-state index in [0.717, 1.165) is 179 Å². The second-order valence-corrected chi connectivity index (χ2v) is 34.4. The van der Waals surface area contributed by atoms with Crippen LogP contribution in [-0.4, -0.2) is 385 Å². The van der Waals surface area contributed by atoms with Crippen LogP contribution in [0.15, 0.2) is 128 Å². The first kappa shape index (κ1) is 128. The van der Waals surface area contributed by atoms with Gasteiger partial charge in [-0.15, -0.1) is 0 Å². The number of carbonyl (C=O) groups is 3. The van der Waals surface area contributed by atoms with E-state index < -0.39 is 17.9 Å². The summed E-state index contributed by atoms with van der Waals surface area (Å²) in [5, 5.41) is 28.0. The molecule has 12 rings (SSSR count). The molecular weight excluding hydrogens is 1870 g/mol. The first-order valence-corrected chi connectivity index (χ1v) is 50.2. The van der Waals surface area contributed by atoms with Gasteiger partial charge in [0.05, 0.1) is 208 Å². The molecule has 804 valence electrons. The van der Waals surface area contributed by atoms with E-state index in [9.17, 15) is 29.7 Å². The predicted molar refractivity (Wildman–Crippen MR) is 536 cm³/mol. The molecule has 6 fully saturated rings. The lowest BCUT2D eigenvalue weighted by Gasteiger charge is -2.35. The van der Waals surface area contributed by atoms with Gasteiger partial charge < -0.3 is 86.4 Å². The topological polar surface area (TPSA) is 450 Å². The standard InChI is InChI=1S/C34H52N4O7.2C33H50N4O7.3CO2.3CH3/c1-2-19-41-20-13-31(29-9-5-6-14-35-29)38-17-22-43-26-25-42-21-15-37(27-28-8-7-10-30(36-28)34(39)40)16-23-44-32-11-3-4-12-33(32)45-24-18-38;2*1-2-18-40-19-12-30(28-8-3-4-13-34-28)37-16-21-42-25-24-41-20-14-36(26-27-7-5-9-29(35-27)33(38)39)15-22-43-31-10-6-11-32(31)44-23-17-37;3*2-1-3;;;/h5-10,14,31-33H,2-4,11-13,15-27H2,1H3,(H,39,40);2*3-5,7-9,13,30-32H,2,6,10-12,14-26H2,1H3,(H,38,39);;;;3*1H3/q;;;;;;3*+1/t31?,32-,33+;30?,31-,32+;30?,31-,32-;;;;;;/m111....../s1. The summed E-state index contributed by atoms with van der Waals surface area (Å²) in [6, 6.07) is 33.9. The molecular formula is C106H161N12O27+3. The largest absolute Gasteiger partial charge is 0.477 e. The van der Waals surface area contributed by atoms with Crippen molar-refractivity contribution >= 4 is 36.4 Å². The van der Waals surface area contributed by atoms with Gasteiger partial charge in [-0.2, -0.15) is 28.8 Å². The maximum atomic E-state index is 11.4. The summed E-state index contributed by atoms with van der Waals surface area (Å²) in [5.41, 5.74) is 5.40. The van der Waals surface area contributed by atoms with Crippen LogP contribution < -0.4 is 0 Å². The average Bonchev–Trinajstić information content (AvgIpc) is 1.81. The summed E-state index contributed by atoms with van der Waals surface area (Å²) in [5.74, 6) is -3.08. The van der Waals surface area contributed by atoms with Crippen LogP contribution in [0.3, 0.4) is 0 Å². The molecule has 0 amide bonds. The molecule has 3 N–H and O–H groups in total. The van der Waals surface area contributed by atoms with E-state index in [1.54, 1.807) is 18.2 Å². The minimum atomic E-state index is -1.03. The van der Waals surface area contributed by atoms with E-state index in [-0.39, 0.29) is 113 Å². The van der Waals surface area contributed by atoms with Gasteiger partial charge in [-0.3, -0.25) is 44.4 Å². The van der Waals surface area contributed by atoms with Crippen molar-refractivity contribution in [2.45, 2.75) is 198 Å². The van der Waals surface area contributed by atoms with Gasteiger partial charge in [0, 0.05) is 179 Å². The van der Waals surface area contributed by atoms with Crippen molar-refractivity contribution in [3.63, 3.8) is 0 Å². The molecule has 6 aliphatic rings. The Morgan fingerprint density at radius 2 is 0.538 bits per heavy atom. The van der Waals surface area contributed by atoms with Crippen molar-refractivity contribution in [1.29, 1.82) is 0 Å². The summed E-state index contributed by atoms with van der Waals surface area (Å²) < 4.78 is 92.1. The molecule has 3 aliphatic carbocycles. The molecule has 6 aromatic rings. The van der Waals surface area contributed by atoms with E-state index in [0.29, 0.717) is 215 Å². The third-order valence-electron chi connectivity index (χ3n) is 24.4. The Morgan fingerprint density at radius 3 is 0.772 bits per heavy atom. The highest BCUT2D eigenvalue weighted by atomic mass is 16.6. The highest BCUT2D eigenvalue weighted by Crippen LogP contribution is 2.32. The average molecular weight is 2040 g/mol. The Hall–Kier alpha value is -9.78. The van der Waals surface area contributed by atoms with Crippen LogP contribution in [-0.2, 0) is 119 Å². The van der Waals surface area contributed by atoms with Crippen LogP contribution in [0.2, 0.25) is 0 Å². The van der Waals surface area contributed by atoms with Crippen LogP contribution in [0.1, 0.15) is 207 Å². The number of aromatic carboxylic acids is 3. The molecule has 3 saturated heterocycles. The van der Waals surface area contributed by atoms with Crippen LogP contribution in [0.4, 0.5) is 0 Å². The normalized spacial score (nSPS) is 21.2. The first-order chi connectivity index (χ1) is 69.6. The fourth-order valence-electron chi connectivity index (χ4n) is 17.5. The number of hydrogen-bond acceptors (Lipinski definition) is 36. The molecule has 39 heteroatoms. The lowest BCUT2D eigenvalue weighted by Crippen LogP contribution is -2.40. The van der Waals surface area contributed by atoms with E-state index in [4.69, 9.17) is 115 Å². The predicted octanol–water partition coefficient (Wildman–Crippen LogP) is 11.5. The van der Waals surface area contributed by atoms with E-state index in [2.05, 4.69) is 83.3 Å². The minimum absolute atomic E-state index is 0. The van der Waals surface area contributed by atoms with Crippen molar-refractivity contribution in [3.05, 3.63) is 201 Å². The van der Waals surface area contributed by atoms with Crippen molar-refractivity contribution in [2.75, 3.05) is 237 Å². The number of aromatic nitrogens is 6. The van der Waals surface area contributed by atoms with Crippen LogP contribution in [0, 0.1) is 22.3 Å². The molecule has 0 spiro atoms. The van der Waals surface area contributed by atoms with Crippen LogP contribution >= 0.6 is 0 Å². The fraction of sp³-hybridized carbons (Fsp3) is 0.632. The zero-order valence-electron chi connectivity index (χ0n) is 86.2. The Kier molecular flexibility index (Phi) is 71.5. The lowest BCUT2D eigenvalue weighted by molar-refractivity contribution is -0.193. The Morgan fingerprint density at radius 1 is 0.310 bits per heavy atom. The summed E-state index contributed by atoms with van der Waals surface area (Å²) in [6.45, 7) is 30.7. The Bertz CT molecular complexity index is 4190. The fourth-order valence-corrected chi connectivity index (χ4v) is 17.5. The van der Waals surface area contributed by atoms with Crippen LogP contribution in [0.5, 0.6) is 0 Å². The maximum Gasteiger partial charge on any atom is 0.373 e. The zero-order chi connectivity index (χ0) is 101. The van der Waals surface area contributed by atoms with Gasteiger partial charge in [-0.25, -0.2) is 29.3 Å². The molecule has 6 aromatic heterocycles. The van der Waals surface area contributed by atoms with Crippen molar-refractivity contribution in [3.8, 4) is 0 Å². The van der Waals surface area contributed by atoms with Gasteiger partial charge >= 0.3 is 36.4 Å². The minimum Gasteiger partial charge on any atom is -0.477 e. The van der Waals surface area contributed by atoms with Gasteiger partial charge in [0.25, 0.3) is 0 Å². The molecule has 0 bridgehead atoms. The van der Waals surface area contributed by atoms with Crippen molar-refractivity contribution in [1.82, 2.24) is 59.3 Å². The van der Waals surface area contributed by atoms with E-state index in [1.807, 2.05) is 73.2 Å². The van der Waals surface area contributed by atoms with E-state index in [1.165, 1.54) is 18.2 Å². The smallest absolute Gasteiger partial charge is 0.373 e. The summed E-state index contributed by atoms with van der Waals surface area (Å²) in [6.07, 6.45) is 22.6. The number of pyridine rings is 6. The molecule has 9 atom stereocenters. The number of ether oxygens (including phenoxy) is 15. The summed E-state index contributed by atoms with van der Waals surface area (Å²) in [4.78, 5) is 124. The highest BCUT2D eigenvalue weighted by molar-refractivity contribution is 5.86. The van der Waals surface area contributed by atoms with Gasteiger partial charge in [-0.05, 0) is 163 Å². The Balaban J connectivity index is 0.000000430. The molecule has 9 heterocycles. The molecule has 39 nitrogen and oxygen atoms in total. The third-order valence-corrected chi connectivity index (χ3v) is 24.4. The van der Waals surface area contributed by atoms with Gasteiger partial charge in [0.2, 0.25) is 0 Å². The zero-order valence-corrected chi connectivity index (χ0v) is 86.2. The molecule has 3 unspecified atom stereocenters. The van der Waals surface area contributed by atoms with Crippen LogP contribution in [0.25, 0.3) is 0 Å². The molecule has 0 aromatic carbocycles. The molecule has 3 aliphatic heterocycles. The lowest BCUT2D eigenvalue weighted by atomic mass is 9.94. The monoisotopic (exact) mass is 2030 g/mol. The molecule has 0 radical (unpaired) electrons. The third kappa shape index (κ3) is 53.1. The SMILES string of the molecule is CCCOCCC(c1ccccn1)N1CCOCCOCCN(Cc2cccc(C(=O)O)n2)CCO[C@@H]2CCCC[C@@H]2OCC1.CCCOCCC(c1ccccn1)N1CCOCCOCCN(Cc2cccc(C(=O)O)n2)CCO[C@@H]2CCC[C@@H]2OCC1.CCCOCCC(c1ccccn1)N1CCOCCOCCN(Cc2cccc(C(=O)O)n2)CCO[C@@H]2CCC[C@H]2OCC1.O=C=O.O=C=O.O=C=O.[CH3+].[CH3+].[CH3+]. The number of rotatable bonds is 30. The van der Waals surface area contributed by atoms with Crippen molar-refractivity contribution in [2.24, 2.45) is 0 Å². The molecule has 145 heavy (non-hydrogen) atoms. The maximum absolute atomic E-state index is 11.4. The quantitative estimate of drug-likeness (QED) is 0.0278. The first-order valence-electron chi connectivity index (χ1n) is 50.2. The number of nitrogens with zero attached hydrogens (tertiary/aromatic N) is 12. The van der Waals surface area contributed by atoms with Crippen molar-refractivity contribution < 1.29 is 130 Å². The highest BCUT2D eigenvalue weighted by Gasteiger charge is 2.34. The molecule has 3 saturated carbocycles. The van der Waals surface area contributed by atoms with E-state index >= 15 is 0 Å². The number of carboxylic acids is 3.